The van der Waals surface area contributed by atoms with Crippen LogP contribution in [0.2, 0.25) is 15.1 Å². The van der Waals surface area contributed by atoms with E-state index in [2.05, 4.69) is 41.0 Å². The molecule has 3 nitrogen and oxygen atoms in total. The Labute approximate surface area is 197 Å². The Morgan fingerprint density at radius 2 is 1.52 bits per heavy atom. The standard InChI is InChI=1S/C25H23Cl3N2O/c26-21-3-1-2-18(12-21)17-4-6-20(7-5-17)25(8-10-29-11-9-25)16-30-24(31)19-13-22(27)15-23(28)14-19/h1-7,12-15,29H,8-11,16H2,(H,30,31). The van der Waals surface area contributed by atoms with Gasteiger partial charge in [0.2, 0.25) is 0 Å². The van der Waals surface area contributed by atoms with Gasteiger partial charge in [-0.1, -0.05) is 71.2 Å². The van der Waals surface area contributed by atoms with Crippen molar-refractivity contribution in [3.63, 3.8) is 0 Å². The number of carbonyl (C=O) groups excluding carboxylic acids is 1. The van der Waals surface area contributed by atoms with Gasteiger partial charge in [-0.05, 0) is 73.0 Å². The highest BCUT2D eigenvalue weighted by Gasteiger charge is 2.34. The van der Waals surface area contributed by atoms with E-state index in [4.69, 9.17) is 34.8 Å². The molecule has 4 rings (SSSR count). The summed E-state index contributed by atoms with van der Waals surface area (Å²) in [6.45, 7) is 2.37. The van der Waals surface area contributed by atoms with Crippen LogP contribution in [0.15, 0.2) is 66.7 Å². The van der Waals surface area contributed by atoms with Crippen molar-refractivity contribution in [1.82, 2.24) is 10.6 Å². The van der Waals surface area contributed by atoms with Gasteiger partial charge in [0, 0.05) is 32.6 Å². The first kappa shape index (κ1) is 22.2. The van der Waals surface area contributed by atoms with Crippen LogP contribution in [0.1, 0.15) is 28.8 Å². The molecule has 0 unspecified atom stereocenters. The number of hydrogen-bond donors (Lipinski definition) is 2. The van der Waals surface area contributed by atoms with E-state index in [0.717, 1.165) is 42.1 Å². The van der Waals surface area contributed by atoms with E-state index in [0.29, 0.717) is 22.2 Å². The fraction of sp³-hybridized carbons (Fsp3) is 0.240. The van der Waals surface area contributed by atoms with Gasteiger partial charge in [0.1, 0.15) is 0 Å². The van der Waals surface area contributed by atoms with Gasteiger partial charge in [0.15, 0.2) is 0 Å². The summed E-state index contributed by atoms with van der Waals surface area (Å²) in [5.41, 5.74) is 3.77. The van der Waals surface area contributed by atoms with Crippen LogP contribution in [0.25, 0.3) is 11.1 Å². The molecule has 1 fully saturated rings. The molecule has 31 heavy (non-hydrogen) atoms. The van der Waals surface area contributed by atoms with Crippen molar-refractivity contribution in [1.29, 1.82) is 0 Å². The number of benzene rings is 3. The van der Waals surface area contributed by atoms with Crippen LogP contribution >= 0.6 is 34.8 Å². The topological polar surface area (TPSA) is 41.1 Å². The van der Waals surface area contributed by atoms with E-state index in [-0.39, 0.29) is 11.3 Å². The summed E-state index contributed by atoms with van der Waals surface area (Å²) < 4.78 is 0. The molecule has 0 radical (unpaired) electrons. The average Bonchev–Trinajstić information content (AvgIpc) is 2.77. The van der Waals surface area contributed by atoms with E-state index < -0.39 is 0 Å². The average molecular weight is 474 g/mol. The number of rotatable bonds is 5. The predicted octanol–water partition coefficient (Wildman–Crippen LogP) is 6.37. The lowest BCUT2D eigenvalue weighted by Crippen LogP contribution is -2.47. The molecule has 0 atom stereocenters. The van der Waals surface area contributed by atoms with Crippen molar-refractivity contribution in [2.45, 2.75) is 18.3 Å². The zero-order valence-corrected chi connectivity index (χ0v) is 19.2. The van der Waals surface area contributed by atoms with Gasteiger partial charge in [-0.15, -0.1) is 0 Å². The van der Waals surface area contributed by atoms with Crippen LogP contribution in [0.3, 0.4) is 0 Å². The second-order valence-corrected chi connectivity index (χ2v) is 9.27. The molecule has 1 amide bonds. The Kier molecular flexibility index (Phi) is 6.88. The third-order valence-corrected chi connectivity index (χ3v) is 6.60. The molecule has 1 aliphatic heterocycles. The summed E-state index contributed by atoms with van der Waals surface area (Å²) in [4.78, 5) is 12.8. The molecule has 0 aliphatic carbocycles. The molecule has 3 aromatic rings. The maximum absolute atomic E-state index is 12.8. The van der Waals surface area contributed by atoms with E-state index in [9.17, 15) is 4.79 Å². The summed E-state index contributed by atoms with van der Waals surface area (Å²) >= 11 is 18.3. The molecule has 1 heterocycles. The van der Waals surface area contributed by atoms with Gasteiger partial charge < -0.3 is 10.6 Å². The minimum absolute atomic E-state index is 0.129. The second-order valence-electron chi connectivity index (χ2n) is 7.96. The fourth-order valence-electron chi connectivity index (χ4n) is 4.19. The summed E-state index contributed by atoms with van der Waals surface area (Å²) in [6, 6.07) is 21.3. The van der Waals surface area contributed by atoms with Crippen molar-refractivity contribution in [2.75, 3.05) is 19.6 Å². The molecule has 2 N–H and O–H groups in total. The van der Waals surface area contributed by atoms with E-state index in [1.165, 1.54) is 5.56 Å². The number of hydrogen-bond acceptors (Lipinski definition) is 2. The summed E-state index contributed by atoms with van der Waals surface area (Å²) in [7, 11) is 0. The number of carbonyl (C=O) groups is 1. The Balaban J connectivity index is 1.55. The lowest BCUT2D eigenvalue weighted by Gasteiger charge is -2.38. The van der Waals surface area contributed by atoms with Crippen molar-refractivity contribution in [3.05, 3.63) is 92.9 Å². The third kappa shape index (κ3) is 5.24. The molecule has 3 aromatic carbocycles. The molecule has 1 saturated heterocycles. The first-order valence-corrected chi connectivity index (χ1v) is 11.4. The minimum Gasteiger partial charge on any atom is -0.351 e. The monoisotopic (exact) mass is 472 g/mol. The van der Waals surface area contributed by atoms with Gasteiger partial charge in [0.25, 0.3) is 5.91 Å². The highest BCUT2D eigenvalue weighted by Crippen LogP contribution is 2.35. The minimum atomic E-state index is -0.169. The molecule has 160 valence electrons. The Hall–Kier alpha value is -2.04. The molecule has 0 saturated carbocycles. The van der Waals surface area contributed by atoms with Gasteiger partial charge in [-0.3, -0.25) is 4.79 Å². The van der Waals surface area contributed by atoms with Crippen LogP contribution in [-0.2, 0) is 5.41 Å². The maximum atomic E-state index is 12.8. The van der Waals surface area contributed by atoms with Crippen LogP contribution in [0.5, 0.6) is 0 Å². The molecule has 6 heteroatoms. The summed E-state index contributed by atoms with van der Waals surface area (Å²) in [5, 5.41) is 8.16. The highest BCUT2D eigenvalue weighted by molar-refractivity contribution is 6.35. The van der Waals surface area contributed by atoms with Crippen LogP contribution < -0.4 is 10.6 Å². The van der Waals surface area contributed by atoms with Crippen molar-refractivity contribution < 1.29 is 4.79 Å². The fourth-order valence-corrected chi connectivity index (χ4v) is 4.91. The molecule has 1 aliphatic rings. The van der Waals surface area contributed by atoms with Crippen molar-refractivity contribution in [3.8, 4) is 11.1 Å². The van der Waals surface area contributed by atoms with Crippen molar-refractivity contribution >= 4 is 40.7 Å². The van der Waals surface area contributed by atoms with Crippen LogP contribution in [0.4, 0.5) is 0 Å². The van der Waals surface area contributed by atoms with E-state index in [1.54, 1.807) is 18.2 Å². The van der Waals surface area contributed by atoms with Gasteiger partial charge >= 0.3 is 0 Å². The molecule has 0 aromatic heterocycles. The first-order valence-electron chi connectivity index (χ1n) is 10.3. The third-order valence-electron chi connectivity index (χ3n) is 5.93. The molecular weight excluding hydrogens is 451 g/mol. The number of halogens is 3. The first-order chi connectivity index (χ1) is 14.9. The van der Waals surface area contributed by atoms with Gasteiger partial charge in [-0.25, -0.2) is 0 Å². The Morgan fingerprint density at radius 3 is 2.16 bits per heavy atom. The highest BCUT2D eigenvalue weighted by atomic mass is 35.5. The second kappa shape index (κ2) is 9.62. The van der Waals surface area contributed by atoms with Gasteiger partial charge in [-0.2, -0.15) is 0 Å². The SMILES string of the molecule is O=C(NCC1(c2ccc(-c3cccc(Cl)c3)cc2)CCNCC1)c1cc(Cl)cc(Cl)c1. The lowest BCUT2D eigenvalue weighted by atomic mass is 9.72. The zero-order chi connectivity index (χ0) is 21.8. The quantitative estimate of drug-likeness (QED) is 0.452. The number of nitrogens with one attached hydrogen (secondary N) is 2. The van der Waals surface area contributed by atoms with E-state index in [1.807, 2.05) is 18.2 Å². The Bertz CT molecular complexity index is 1060. The van der Waals surface area contributed by atoms with Crippen molar-refractivity contribution in [2.24, 2.45) is 0 Å². The number of piperidine rings is 1. The smallest absolute Gasteiger partial charge is 0.251 e. The molecule has 0 bridgehead atoms. The Morgan fingerprint density at radius 1 is 0.839 bits per heavy atom. The zero-order valence-electron chi connectivity index (χ0n) is 16.9. The molecule has 0 spiro atoms. The lowest BCUT2D eigenvalue weighted by molar-refractivity contribution is 0.0938. The van der Waals surface area contributed by atoms with Crippen LogP contribution in [-0.4, -0.2) is 25.5 Å². The normalized spacial score (nSPS) is 15.5. The number of amides is 1. The van der Waals surface area contributed by atoms with E-state index >= 15 is 0 Å². The van der Waals surface area contributed by atoms with Gasteiger partial charge in [0.05, 0.1) is 0 Å². The molecular formula is C25H23Cl3N2O. The largest absolute Gasteiger partial charge is 0.351 e. The predicted molar refractivity (Wildman–Crippen MR) is 129 cm³/mol. The van der Waals surface area contributed by atoms with Crippen LogP contribution in [0, 0.1) is 0 Å². The summed E-state index contributed by atoms with van der Waals surface area (Å²) in [5.74, 6) is -0.169. The summed E-state index contributed by atoms with van der Waals surface area (Å²) in [6.07, 6.45) is 1.89. The maximum Gasteiger partial charge on any atom is 0.251 e.